The summed E-state index contributed by atoms with van der Waals surface area (Å²) in [5.41, 5.74) is 5.90. The monoisotopic (exact) mass is 527 g/mol. The summed E-state index contributed by atoms with van der Waals surface area (Å²) in [7, 11) is 0. The molecule has 0 aliphatic carbocycles. The lowest BCUT2D eigenvalue weighted by Gasteiger charge is -2.19. The molecule has 6 nitrogen and oxygen atoms in total. The lowest BCUT2D eigenvalue weighted by Crippen LogP contribution is -2.26. The Balaban J connectivity index is 1.62. The Labute approximate surface area is 232 Å². The van der Waals surface area contributed by atoms with Crippen molar-refractivity contribution in [2.75, 3.05) is 0 Å². The van der Waals surface area contributed by atoms with Crippen LogP contribution in [-0.2, 0) is 24.2 Å². The number of nitrogens with zero attached hydrogens (tertiary/aromatic N) is 2. The molecule has 0 atom stereocenters. The first kappa shape index (κ1) is 28.4. The molecule has 0 spiro atoms. The normalized spacial score (nSPS) is 11.8. The van der Waals surface area contributed by atoms with Crippen molar-refractivity contribution in [3.63, 3.8) is 0 Å². The molecule has 39 heavy (non-hydrogen) atoms. The number of imidazole rings is 1. The number of carbonyl (C=O) groups excluding carboxylic acids is 1. The van der Waals surface area contributed by atoms with Crippen molar-refractivity contribution < 1.29 is 14.3 Å². The SMILES string of the molecule is CCCCc1nc2cccc(CNC(C)C)c2n1Cc1ccc(-c2ccccc2OC(=O)OC(C)(C)C)cc1. The summed E-state index contributed by atoms with van der Waals surface area (Å²) in [6, 6.07) is 22.8. The van der Waals surface area contributed by atoms with Gasteiger partial charge in [0.05, 0.1) is 11.0 Å². The Bertz CT molecular complexity index is 1400. The molecule has 1 heterocycles. The van der Waals surface area contributed by atoms with E-state index in [4.69, 9.17) is 14.5 Å². The standard InChI is InChI=1S/C33H41N3O3/c1-7-8-16-30-35-28-14-11-12-26(21-34-23(2)3)31(28)36(30)22-24-17-19-25(20-18-24)27-13-9-10-15-29(27)38-32(37)39-33(4,5)6/h9-15,17-20,23,34H,7-8,16,21-22H2,1-6H3. The number of fused-ring (bicyclic) bond motifs is 1. The van der Waals surface area contributed by atoms with Crippen LogP contribution in [0, 0.1) is 0 Å². The second-order valence-electron chi connectivity index (χ2n) is 11.3. The van der Waals surface area contributed by atoms with Gasteiger partial charge in [-0.15, -0.1) is 0 Å². The number of para-hydroxylation sites is 2. The molecule has 4 rings (SSSR count). The largest absolute Gasteiger partial charge is 0.514 e. The minimum Gasteiger partial charge on any atom is -0.428 e. The van der Waals surface area contributed by atoms with E-state index in [1.165, 1.54) is 16.6 Å². The first-order chi connectivity index (χ1) is 18.6. The van der Waals surface area contributed by atoms with Gasteiger partial charge < -0.3 is 19.4 Å². The second-order valence-corrected chi connectivity index (χ2v) is 11.3. The highest BCUT2D eigenvalue weighted by Gasteiger charge is 2.20. The summed E-state index contributed by atoms with van der Waals surface area (Å²) in [6.45, 7) is 13.6. The van der Waals surface area contributed by atoms with E-state index in [0.29, 0.717) is 11.8 Å². The molecule has 206 valence electrons. The summed E-state index contributed by atoms with van der Waals surface area (Å²) >= 11 is 0. The number of aromatic nitrogens is 2. The zero-order valence-corrected chi connectivity index (χ0v) is 24.1. The van der Waals surface area contributed by atoms with Gasteiger partial charge in [-0.3, -0.25) is 0 Å². The fourth-order valence-electron chi connectivity index (χ4n) is 4.59. The summed E-state index contributed by atoms with van der Waals surface area (Å²) in [6.07, 6.45) is 2.48. The number of unbranched alkanes of at least 4 members (excludes halogenated alkanes) is 1. The molecular weight excluding hydrogens is 486 g/mol. The number of benzene rings is 3. The minimum atomic E-state index is -0.707. The van der Waals surface area contributed by atoms with Crippen LogP contribution in [0.4, 0.5) is 4.79 Å². The Morgan fingerprint density at radius 2 is 1.74 bits per heavy atom. The van der Waals surface area contributed by atoms with Gasteiger partial charge >= 0.3 is 6.16 Å². The number of aryl methyl sites for hydroxylation is 1. The molecule has 1 N–H and O–H groups in total. The molecule has 6 heteroatoms. The van der Waals surface area contributed by atoms with Crippen molar-refractivity contribution in [1.29, 1.82) is 0 Å². The highest BCUT2D eigenvalue weighted by molar-refractivity contribution is 5.80. The van der Waals surface area contributed by atoms with Crippen LogP contribution in [0.2, 0.25) is 0 Å². The molecule has 3 aromatic carbocycles. The maximum Gasteiger partial charge on any atom is 0.514 e. The Morgan fingerprint density at radius 3 is 2.44 bits per heavy atom. The van der Waals surface area contributed by atoms with Crippen LogP contribution in [0.3, 0.4) is 0 Å². The molecular formula is C33H41N3O3. The first-order valence-electron chi connectivity index (χ1n) is 13.9. The topological polar surface area (TPSA) is 65.4 Å². The molecule has 0 bridgehead atoms. The van der Waals surface area contributed by atoms with Gasteiger partial charge in [-0.2, -0.15) is 0 Å². The zero-order valence-electron chi connectivity index (χ0n) is 24.1. The molecule has 0 saturated carbocycles. The summed E-state index contributed by atoms with van der Waals surface area (Å²) in [4.78, 5) is 17.3. The highest BCUT2D eigenvalue weighted by Crippen LogP contribution is 2.31. The number of ether oxygens (including phenoxy) is 2. The van der Waals surface area contributed by atoms with Gasteiger partial charge in [0.2, 0.25) is 0 Å². The Hall–Kier alpha value is -3.64. The molecule has 0 saturated heterocycles. The van der Waals surface area contributed by atoms with E-state index in [1.807, 2.05) is 39.0 Å². The number of hydrogen-bond donors (Lipinski definition) is 1. The number of hydrogen-bond acceptors (Lipinski definition) is 5. The van der Waals surface area contributed by atoms with Gasteiger partial charge in [0.25, 0.3) is 0 Å². The van der Waals surface area contributed by atoms with Crippen molar-refractivity contribution in [2.24, 2.45) is 0 Å². The van der Waals surface area contributed by atoms with E-state index in [0.717, 1.165) is 54.8 Å². The van der Waals surface area contributed by atoms with Crippen LogP contribution < -0.4 is 10.1 Å². The van der Waals surface area contributed by atoms with Crippen LogP contribution in [0.25, 0.3) is 22.2 Å². The number of nitrogens with one attached hydrogen (secondary N) is 1. The fourth-order valence-corrected chi connectivity index (χ4v) is 4.59. The van der Waals surface area contributed by atoms with Gasteiger partial charge in [0, 0.05) is 31.1 Å². The fraction of sp³-hybridized carbons (Fsp3) is 0.394. The van der Waals surface area contributed by atoms with Crippen LogP contribution in [0.15, 0.2) is 66.7 Å². The average Bonchev–Trinajstić information content (AvgIpc) is 3.23. The van der Waals surface area contributed by atoms with Gasteiger partial charge in [0.15, 0.2) is 0 Å². The summed E-state index contributed by atoms with van der Waals surface area (Å²) in [5.74, 6) is 1.60. The third-order valence-corrected chi connectivity index (χ3v) is 6.46. The van der Waals surface area contributed by atoms with E-state index in [9.17, 15) is 4.79 Å². The highest BCUT2D eigenvalue weighted by atomic mass is 16.7. The number of carbonyl (C=O) groups is 1. The van der Waals surface area contributed by atoms with Crippen molar-refractivity contribution in [2.45, 2.75) is 85.5 Å². The van der Waals surface area contributed by atoms with E-state index in [1.54, 1.807) is 6.07 Å². The second kappa shape index (κ2) is 12.5. The lowest BCUT2D eigenvalue weighted by molar-refractivity contribution is 0.0207. The van der Waals surface area contributed by atoms with Crippen LogP contribution >= 0.6 is 0 Å². The molecule has 4 aromatic rings. The number of rotatable bonds is 10. The van der Waals surface area contributed by atoms with Crippen molar-refractivity contribution in [1.82, 2.24) is 14.9 Å². The molecule has 0 amide bonds. The Morgan fingerprint density at radius 1 is 1.00 bits per heavy atom. The lowest BCUT2D eigenvalue weighted by atomic mass is 10.0. The maximum atomic E-state index is 12.3. The van der Waals surface area contributed by atoms with Crippen LogP contribution in [-0.4, -0.2) is 27.3 Å². The van der Waals surface area contributed by atoms with E-state index in [-0.39, 0.29) is 0 Å². The zero-order chi connectivity index (χ0) is 28.0. The van der Waals surface area contributed by atoms with Gasteiger partial charge in [-0.25, -0.2) is 9.78 Å². The van der Waals surface area contributed by atoms with Crippen molar-refractivity contribution in [3.05, 3.63) is 83.7 Å². The third kappa shape index (κ3) is 7.48. The molecule has 0 radical (unpaired) electrons. The summed E-state index contributed by atoms with van der Waals surface area (Å²) < 4.78 is 13.3. The van der Waals surface area contributed by atoms with Crippen LogP contribution in [0.1, 0.15) is 71.3 Å². The van der Waals surface area contributed by atoms with Gasteiger partial charge in [-0.05, 0) is 56.0 Å². The van der Waals surface area contributed by atoms with Crippen molar-refractivity contribution >= 4 is 17.2 Å². The summed E-state index contributed by atoms with van der Waals surface area (Å²) in [5, 5.41) is 3.57. The third-order valence-electron chi connectivity index (χ3n) is 6.46. The van der Waals surface area contributed by atoms with E-state index >= 15 is 0 Å². The van der Waals surface area contributed by atoms with Crippen LogP contribution in [0.5, 0.6) is 5.75 Å². The minimum absolute atomic E-state index is 0.408. The molecule has 0 aliphatic rings. The Kier molecular flexibility index (Phi) is 9.08. The molecule has 1 aromatic heterocycles. The quantitative estimate of drug-likeness (QED) is 0.168. The van der Waals surface area contributed by atoms with Gasteiger partial charge in [-0.1, -0.05) is 81.8 Å². The first-order valence-corrected chi connectivity index (χ1v) is 13.9. The average molecular weight is 528 g/mol. The molecule has 0 unspecified atom stereocenters. The van der Waals surface area contributed by atoms with Crippen molar-refractivity contribution in [3.8, 4) is 16.9 Å². The van der Waals surface area contributed by atoms with E-state index < -0.39 is 11.8 Å². The van der Waals surface area contributed by atoms with E-state index in [2.05, 4.69) is 73.1 Å². The smallest absolute Gasteiger partial charge is 0.428 e. The molecule has 0 aliphatic heterocycles. The molecule has 0 fully saturated rings. The predicted octanol–water partition coefficient (Wildman–Crippen LogP) is 7.91. The van der Waals surface area contributed by atoms with Gasteiger partial charge in [0.1, 0.15) is 17.2 Å². The maximum absolute atomic E-state index is 12.3. The predicted molar refractivity (Wildman–Crippen MR) is 158 cm³/mol.